The van der Waals surface area contributed by atoms with Crippen LogP contribution >= 0.6 is 11.3 Å². The van der Waals surface area contributed by atoms with Crippen LogP contribution in [0.4, 0.5) is 0 Å². The first-order valence-corrected chi connectivity index (χ1v) is 9.76. The number of benzene rings is 2. The van der Waals surface area contributed by atoms with Gasteiger partial charge < -0.3 is 9.30 Å². The second-order valence-electron chi connectivity index (χ2n) is 6.75. The van der Waals surface area contributed by atoms with Crippen molar-refractivity contribution in [3.63, 3.8) is 0 Å². The number of esters is 1. The van der Waals surface area contributed by atoms with Gasteiger partial charge >= 0.3 is 5.97 Å². The molecular formula is C22H17NO3S. The second kappa shape index (κ2) is 6.06. The fourth-order valence-corrected chi connectivity index (χ4v) is 5.28. The van der Waals surface area contributed by atoms with Gasteiger partial charge in [-0.2, -0.15) is 0 Å². The molecule has 0 N–H and O–H groups in total. The zero-order valence-corrected chi connectivity index (χ0v) is 15.6. The van der Waals surface area contributed by atoms with E-state index in [9.17, 15) is 9.59 Å². The Kier molecular flexibility index (Phi) is 3.65. The molecule has 0 unspecified atom stereocenters. The SMILES string of the molecule is COC(=O)c1cc(-c2cccc3c2sc2ccccc23)c(=O)n2c1CCC2. The van der Waals surface area contributed by atoms with E-state index >= 15 is 0 Å². The van der Waals surface area contributed by atoms with Crippen LogP contribution in [0.5, 0.6) is 0 Å². The van der Waals surface area contributed by atoms with E-state index in [4.69, 9.17) is 4.74 Å². The smallest absolute Gasteiger partial charge is 0.339 e. The van der Waals surface area contributed by atoms with Crippen molar-refractivity contribution >= 4 is 37.5 Å². The Hall–Kier alpha value is -2.92. The summed E-state index contributed by atoms with van der Waals surface area (Å²) >= 11 is 1.68. The normalized spacial score (nSPS) is 13.2. The summed E-state index contributed by atoms with van der Waals surface area (Å²) in [4.78, 5) is 25.5. The van der Waals surface area contributed by atoms with Crippen molar-refractivity contribution in [2.75, 3.05) is 7.11 Å². The molecule has 0 fully saturated rings. The molecule has 1 aliphatic heterocycles. The molecule has 0 spiro atoms. The first-order valence-electron chi connectivity index (χ1n) is 8.94. The van der Waals surface area contributed by atoms with Crippen molar-refractivity contribution in [1.29, 1.82) is 0 Å². The molecule has 0 amide bonds. The molecule has 0 atom stereocenters. The lowest BCUT2D eigenvalue weighted by Gasteiger charge is -2.12. The lowest BCUT2D eigenvalue weighted by molar-refractivity contribution is 0.0598. The number of ether oxygens (including phenoxy) is 1. The molecule has 0 bridgehead atoms. The number of hydrogen-bond acceptors (Lipinski definition) is 4. The predicted octanol–water partition coefficient (Wildman–Crippen LogP) is 4.62. The number of fused-ring (bicyclic) bond motifs is 4. The minimum absolute atomic E-state index is 0.0277. The summed E-state index contributed by atoms with van der Waals surface area (Å²) in [5.74, 6) is -0.384. The van der Waals surface area contributed by atoms with Crippen LogP contribution in [0, 0.1) is 0 Å². The summed E-state index contributed by atoms with van der Waals surface area (Å²) in [7, 11) is 1.38. The van der Waals surface area contributed by atoms with E-state index in [-0.39, 0.29) is 11.5 Å². The molecule has 1 aliphatic rings. The molecule has 2 aromatic carbocycles. The number of pyridine rings is 1. The number of aromatic nitrogens is 1. The van der Waals surface area contributed by atoms with Crippen LogP contribution in [-0.4, -0.2) is 17.6 Å². The Morgan fingerprint density at radius 2 is 1.89 bits per heavy atom. The van der Waals surface area contributed by atoms with Gasteiger partial charge in [-0.1, -0.05) is 36.4 Å². The van der Waals surface area contributed by atoms with Crippen LogP contribution in [-0.2, 0) is 17.7 Å². The standard InChI is InChI=1S/C22H17NO3S/c1-26-22(25)17-12-16(21(24)23-11-5-9-18(17)23)15-8-4-7-14-13-6-2-3-10-19(13)27-20(14)15/h2-4,6-8,10,12H,5,9,11H2,1H3. The van der Waals surface area contributed by atoms with Crippen molar-refractivity contribution in [2.45, 2.75) is 19.4 Å². The topological polar surface area (TPSA) is 48.3 Å². The Morgan fingerprint density at radius 1 is 1.07 bits per heavy atom. The van der Waals surface area contributed by atoms with Crippen molar-refractivity contribution in [1.82, 2.24) is 4.57 Å². The van der Waals surface area contributed by atoms with Gasteiger partial charge in [-0.25, -0.2) is 4.79 Å². The third kappa shape index (κ3) is 2.35. The Labute approximate surface area is 159 Å². The number of carbonyl (C=O) groups is 1. The molecule has 2 aromatic heterocycles. The van der Waals surface area contributed by atoms with E-state index in [2.05, 4.69) is 18.2 Å². The highest BCUT2D eigenvalue weighted by molar-refractivity contribution is 7.26. The van der Waals surface area contributed by atoms with Gasteiger partial charge in [0.2, 0.25) is 0 Å². The van der Waals surface area contributed by atoms with Gasteiger partial charge in [0.05, 0.1) is 12.7 Å². The molecule has 4 aromatic rings. The zero-order valence-electron chi connectivity index (χ0n) is 14.8. The highest BCUT2D eigenvalue weighted by Gasteiger charge is 2.25. The van der Waals surface area contributed by atoms with Gasteiger partial charge in [-0.15, -0.1) is 11.3 Å². The van der Waals surface area contributed by atoms with Crippen molar-refractivity contribution in [3.8, 4) is 11.1 Å². The van der Waals surface area contributed by atoms with E-state index in [0.717, 1.165) is 34.2 Å². The van der Waals surface area contributed by atoms with Gasteiger partial charge in [0.25, 0.3) is 5.56 Å². The van der Waals surface area contributed by atoms with Crippen molar-refractivity contribution < 1.29 is 9.53 Å². The van der Waals surface area contributed by atoms with E-state index < -0.39 is 0 Å². The Bertz CT molecular complexity index is 1280. The van der Waals surface area contributed by atoms with Crippen LogP contribution in [0.3, 0.4) is 0 Å². The highest BCUT2D eigenvalue weighted by Crippen LogP contribution is 2.39. The fourth-order valence-electron chi connectivity index (χ4n) is 4.05. The lowest BCUT2D eigenvalue weighted by atomic mass is 10.0. The van der Waals surface area contributed by atoms with E-state index in [1.54, 1.807) is 22.0 Å². The van der Waals surface area contributed by atoms with Crippen LogP contribution in [0.1, 0.15) is 22.5 Å². The summed E-state index contributed by atoms with van der Waals surface area (Å²) in [5, 5.41) is 2.33. The molecule has 0 radical (unpaired) electrons. The van der Waals surface area contributed by atoms with Gasteiger partial charge in [-0.05, 0) is 25.0 Å². The molecule has 27 heavy (non-hydrogen) atoms. The van der Waals surface area contributed by atoms with Crippen LogP contribution in [0.2, 0.25) is 0 Å². The molecule has 0 aliphatic carbocycles. The number of rotatable bonds is 2. The number of methoxy groups -OCH3 is 1. The lowest BCUT2D eigenvalue weighted by Crippen LogP contribution is -2.24. The molecule has 0 saturated heterocycles. The van der Waals surface area contributed by atoms with Crippen LogP contribution in [0.25, 0.3) is 31.3 Å². The first kappa shape index (κ1) is 16.3. The third-order valence-electron chi connectivity index (χ3n) is 5.30. The van der Waals surface area contributed by atoms with Gasteiger partial charge in [0, 0.05) is 43.5 Å². The number of nitrogens with zero attached hydrogens (tertiary/aromatic N) is 1. The quantitative estimate of drug-likeness (QED) is 0.481. The van der Waals surface area contributed by atoms with E-state index in [0.29, 0.717) is 17.7 Å². The maximum Gasteiger partial charge on any atom is 0.339 e. The molecule has 4 nitrogen and oxygen atoms in total. The van der Waals surface area contributed by atoms with E-state index in [1.165, 1.54) is 17.2 Å². The molecule has 3 heterocycles. The number of carbonyl (C=O) groups excluding carboxylic acids is 1. The number of hydrogen-bond donors (Lipinski definition) is 0. The maximum absolute atomic E-state index is 13.2. The Balaban J connectivity index is 1.86. The zero-order chi connectivity index (χ0) is 18.5. The number of thiophene rings is 1. The summed E-state index contributed by atoms with van der Waals surface area (Å²) in [6.45, 7) is 0.647. The van der Waals surface area contributed by atoms with Crippen molar-refractivity contribution in [3.05, 3.63) is 70.1 Å². The average Bonchev–Trinajstić information content (AvgIpc) is 3.33. The van der Waals surface area contributed by atoms with Crippen LogP contribution < -0.4 is 5.56 Å². The third-order valence-corrected chi connectivity index (χ3v) is 6.52. The monoisotopic (exact) mass is 375 g/mol. The van der Waals surface area contributed by atoms with Gasteiger partial charge in [0.1, 0.15) is 0 Å². The molecule has 0 saturated carbocycles. The summed E-state index contributed by atoms with van der Waals surface area (Å²) in [5.41, 5.74) is 2.71. The summed E-state index contributed by atoms with van der Waals surface area (Å²) < 4.78 is 8.98. The molecular weight excluding hydrogens is 358 g/mol. The average molecular weight is 375 g/mol. The van der Waals surface area contributed by atoms with Gasteiger partial charge in [-0.3, -0.25) is 4.79 Å². The van der Waals surface area contributed by atoms with Gasteiger partial charge in [0.15, 0.2) is 0 Å². The molecule has 134 valence electrons. The largest absolute Gasteiger partial charge is 0.465 e. The van der Waals surface area contributed by atoms with E-state index in [1.807, 2.05) is 24.3 Å². The summed E-state index contributed by atoms with van der Waals surface area (Å²) in [6.07, 6.45) is 1.60. The maximum atomic E-state index is 13.2. The second-order valence-corrected chi connectivity index (χ2v) is 7.80. The van der Waals surface area contributed by atoms with Crippen molar-refractivity contribution in [2.24, 2.45) is 0 Å². The fraction of sp³-hybridized carbons (Fsp3) is 0.182. The molecule has 5 heteroatoms. The minimum atomic E-state index is -0.384. The first-order chi connectivity index (χ1) is 13.2. The summed E-state index contributed by atoms with van der Waals surface area (Å²) in [6, 6.07) is 16.0. The highest BCUT2D eigenvalue weighted by atomic mass is 32.1. The minimum Gasteiger partial charge on any atom is -0.465 e. The van der Waals surface area contributed by atoms with Crippen LogP contribution in [0.15, 0.2) is 53.3 Å². The predicted molar refractivity (Wildman–Crippen MR) is 109 cm³/mol. The Morgan fingerprint density at radius 3 is 2.74 bits per heavy atom. The molecule has 5 rings (SSSR count).